The number of halogens is 6. The highest BCUT2D eigenvalue weighted by Crippen LogP contribution is 2.37. The van der Waals surface area contributed by atoms with E-state index in [1.165, 1.54) is 30.5 Å². The highest BCUT2D eigenvalue weighted by Gasteiger charge is 2.36. The third-order valence-electron chi connectivity index (χ3n) is 6.86. The number of benzene rings is 1. The second-order valence-electron chi connectivity index (χ2n) is 9.37. The van der Waals surface area contributed by atoms with Gasteiger partial charge in [0.15, 0.2) is 0 Å². The van der Waals surface area contributed by atoms with Crippen molar-refractivity contribution in [2.45, 2.75) is 44.7 Å². The van der Waals surface area contributed by atoms with Gasteiger partial charge in [0.1, 0.15) is 11.6 Å². The van der Waals surface area contributed by atoms with Crippen LogP contribution in [0.4, 0.5) is 45.2 Å². The molecule has 0 unspecified atom stereocenters. The van der Waals surface area contributed by atoms with E-state index in [9.17, 15) is 22.0 Å². The van der Waals surface area contributed by atoms with Gasteiger partial charge < -0.3 is 15.1 Å². The summed E-state index contributed by atoms with van der Waals surface area (Å²) in [5.74, 6) is 0.930. The van der Waals surface area contributed by atoms with Gasteiger partial charge in [0.25, 0.3) is 6.43 Å². The Kier molecular flexibility index (Phi) is 7.56. The first kappa shape index (κ1) is 26.4. The molecule has 0 atom stereocenters. The van der Waals surface area contributed by atoms with Gasteiger partial charge in [-0.15, -0.1) is 0 Å². The predicted octanol–water partition coefficient (Wildman–Crippen LogP) is 6.82. The molecule has 2 aliphatic heterocycles. The molecule has 1 N–H and O–H groups in total. The zero-order valence-corrected chi connectivity index (χ0v) is 21.2. The summed E-state index contributed by atoms with van der Waals surface area (Å²) in [5.41, 5.74) is 0.949. The van der Waals surface area contributed by atoms with E-state index in [1.807, 2.05) is 0 Å². The van der Waals surface area contributed by atoms with Gasteiger partial charge in [-0.3, -0.25) is 0 Å². The Morgan fingerprint density at radius 1 is 0.921 bits per heavy atom. The zero-order chi connectivity index (χ0) is 26.9. The Morgan fingerprint density at radius 2 is 1.68 bits per heavy atom. The molecule has 0 bridgehead atoms. The normalized spacial score (nSPS) is 16.4. The van der Waals surface area contributed by atoms with Crippen LogP contribution in [0.25, 0.3) is 0 Å². The molecule has 2 aromatic heterocycles. The first-order valence-corrected chi connectivity index (χ1v) is 12.8. The number of fused-ring (bicyclic) bond motifs is 1. The number of piperidine rings is 1. The Labute approximate surface area is 221 Å². The summed E-state index contributed by atoms with van der Waals surface area (Å²) in [6, 6.07) is 6.51. The molecule has 12 heteroatoms. The molecule has 0 spiro atoms. The second-order valence-corrected chi connectivity index (χ2v) is 9.77. The van der Waals surface area contributed by atoms with Crippen LogP contribution in [0.1, 0.15) is 48.1 Å². The molecule has 2 aliphatic rings. The van der Waals surface area contributed by atoms with E-state index in [-0.39, 0.29) is 22.9 Å². The summed E-state index contributed by atoms with van der Waals surface area (Å²) in [5, 5.41) is 3.15. The molecule has 3 aromatic rings. The van der Waals surface area contributed by atoms with Gasteiger partial charge in [-0.25, -0.2) is 18.7 Å². The van der Waals surface area contributed by atoms with Crippen LogP contribution in [0.3, 0.4) is 0 Å². The molecule has 1 saturated heterocycles. The average Bonchev–Trinajstić information content (AvgIpc) is 3.11. The Balaban J connectivity index is 1.49. The van der Waals surface area contributed by atoms with Gasteiger partial charge in [-0.1, -0.05) is 11.6 Å². The summed E-state index contributed by atoms with van der Waals surface area (Å²) in [6.45, 7) is 2.20. The fraction of sp³-hybridized carbons (Fsp3) is 0.423. The quantitative estimate of drug-likeness (QED) is 0.351. The zero-order valence-electron chi connectivity index (χ0n) is 20.4. The maximum Gasteiger partial charge on any atom is 0.419 e. The molecule has 5 rings (SSSR count). The topological polar surface area (TPSA) is 57.2 Å². The van der Waals surface area contributed by atoms with E-state index in [4.69, 9.17) is 21.6 Å². The van der Waals surface area contributed by atoms with Gasteiger partial charge in [0.2, 0.25) is 5.95 Å². The van der Waals surface area contributed by atoms with Crippen LogP contribution >= 0.6 is 11.6 Å². The molecule has 0 aliphatic carbocycles. The Hall–Kier alpha value is -3.21. The van der Waals surface area contributed by atoms with E-state index in [2.05, 4.69) is 15.2 Å². The summed E-state index contributed by atoms with van der Waals surface area (Å²) < 4.78 is 67.4. The average molecular weight is 553 g/mol. The molecule has 0 amide bonds. The smallest absolute Gasteiger partial charge is 0.355 e. The van der Waals surface area contributed by atoms with Gasteiger partial charge in [0.05, 0.1) is 16.3 Å². The van der Waals surface area contributed by atoms with Crippen molar-refractivity contribution in [3.63, 3.8) is 0 Å². The number of aromatic nitrogens is 3. The first-order valence-electron chi connectivity index (χ1n) is 12.5. The fourth-order valence-electron chi connectivity index (χ4n) is 4.93. The lowest BCUT2D eigenvalue weighted by atomic mass is 10.1. The number of nitrogens with one attached hydrogen (secondary N) is 1. The van der Waals surface area contributed by atoms with Crippen molar-refractivity contribution in [1.29, 1.82) is 0 Å². The minimum absolute atomic E-state index is 0.0672. The number of pyridine rings is 1. The first-order chi connectivity index (χ1) is 18.2. The standard InChI is InChI=1S/C26H26ClF5N6/c27-20-15-16(6-7-17(20)22(28)29)34-23-18-8-13-37(24-19(26(30,31)32)5-4-10-33-24)14-9-21(18)35-25(36-23)38-11-2-1-3-12-38/h4-7,10,15,22H,1-3,8-9,11-14H2,(H,34,35,36). The second kappa shape index (κ2) is 10.9. The van der Waals surface area contributed by atoms with Crippen molar-refractivity contribution in [3.8, 4) is 0 Å². The van der Waals surface area contributed by atoms with Gasteiger partial charge in [0, 0.05) is 55.6 Å². The minimum atomic E-state index is -4.53. The van der Waals surface area contributed by atoms with E-state index < -0.39 is 18.2 Å². The maximum absolute atomic E-state index is 13.7. The van der Waals surface area contributed by atoms with Gasteiger partial charge >= 0.3 is 6.18 Å². The van der Waals surface area contributed by atoms with Gasteiger partial charge in [-0.2, -0.15) is 18.2 Å². The molecule has 0 radical (unpaired) electrons. The number of rotatable bonds is 5. The van der Waals surface area contributed by atoms with Crippen LogP contribution in [0, 0.1) is 0 Å². The van der Waals surface area contributed by atoms with Crippen molar-refractivity contribution in [3.05, 3.63) is 63.9 Å². The van der Waals surface area contributed by atoms with E-state index >= 15 is 0 Å². The number of anilines is 4. The fourth-order valence-corrected chi connectivity index (χ4v) is 5.19. The molecular weight excluding hydrogens is 527 g/mol. The highest BCUT2D eigenvalue weighted by molar-refractivity contribution is 6.31. The van der Waals surface area contributed by atoms with Crippen LogP contribution in [-0.2, 0) is 19.0 Å². The number of alkyl halides is 5. The third kappa shape index (κ3) is 5.62. The van der Waals surface area contributed by atoms with Crippen molar-refractivity contribution < 1.29 is 22.0 Å². The molecule has 4 heterocycles. The number of hydrogen-bond donors (Lipinski definition) is 1. The molecule has 38 heavy (non-hydrogen) atoms. The number of nitrogens with zero attached hydrogens (tertiary/aromatic N) is 5. The lowest BCUT2D eigenvalue weighted by Gasteiger charge is -2.28. The van der Waals surface area contributed by atoms with Crippen LogP contribution in [0.2, 0.25) is 5.02 Å². The lowest BCUT2D eigenvalue weighted by molar-refractivity contribution is -0.137. The Bertz CT molecular complexity index is 1300. The molecule has 6 nitrogen and oxygen atoms in total. The van der Waals surface area contributed by atoms with Crippen LogP contribution in [-0.4, -0.2) is 41.1 Å². The lowest BCUT2D eigenvalue weighted by Crippen LogP contribution is -2.31. The highest BCUT2D eigenvalue weighted by atomic mass is 35.5. The predicted molar refractivity (Wildman–Crippen MR) is 137 cm³/mol. The monoisotopic (exact) mass is 552 g/mol. The summed E-state index contributed by atoms with van der Waals surface area (Å²) in [6.07, 6.45) is -1.94. The SMILES string of the molecule is FC(F)c1ccc(Nc2nc(N3CCCCC3)nc3c2CCN(c2ncccc2C(F)(F)F)CC3)cc1Cl. The van der Waals surface area contributed by atoms with Crippen molar-refractivity contribution in [2.75, 3.05) is 41.3 Å². The van der Waals surface area contributed by atoms with Crippen LogP contribution in [0.15, 0.2) is 36.5 Å². The van der Waals surface area contributed by atoms with E-state index in [0.717, 1.165) is 49.7 Å². The molecule has 202 valence electrons. The number of hydrogen-bond acceptors (Lipinski definition) is 6. The molecule has 1 aromatic carbocycles. The Morgan fingerprint density at radius 3 is 2.39 bits per heavy atom. The maximum atomic E-state index is 13.7. The summed E-state index contributed by atoms with van der Waals surface area (Å²) in [7, 11) is 0. The van der Waals surface area contributed by atoms with E-state index in [0.29, 0.717) is 36.8 Å². The van der Waals surface area contributed by atoms with Crippen molar-refractivity contribution in [1.82, 2.24) is 15.0 Å². The largest absolute Gasteiger partial charge is 0.419 e. The third-order valence-corrected chi connectivity index (χ3v) is 7.19. The molecular formula is C26H26ClF5N6. The molecule has 1 fully saturated rings. The van der Waals surface area contributed by atoms with Crippen LogP contribution in [0.5, 0.6) is 0 Å². The van der Waals surface area contributed by atoms with Gasteiger partial charge in [-0.05, 0) is 56.0 Å². The minimum Gasteiger partial charge on any atom is -0.355 e. The summed E-state index contributed by atoms with van der Waals surface area (Å²) in [4.78, 5) is 17.4. The molecule has 0 saturated carbocycles. The van der Waals surface area contributed by atoms with Crippen molar-refractivity contribution in [2.24, 2.45) is 0 Å². The van der Waals surface area contributed by atoms with Crippen LogP contribution < -0.4 is 15.1 Å². The van der Waals surface area contributed by atoms with Crippen molar-refractivity contribution >= 4 is 34.9 Å². The summed E-state index contributed by atoms with van der Waals surface area (Å²) >= 11 is 6.09. The van der Waals surface area contributed by atoms with E-state index in [1.54, 1.807) is 4.90 Å².